The topological polar surface area (TPSA) is 91.6 Å². The van der Waals surface area contributed by atoms with E-state index in [0.717, 1.165) is 48.5 Å². The number of hydrogen-bond acceptors (Lipinski definition) is 6. The third-order valence-corrected chi connectivity index (χ3v) is 8.14. The molecule has 5 rings (SSSR count). The smallest absolute Gasteiger partial charge is 0.347 e. The fraction of sp³-hybridized carbons (Fsp3) is 0.419. The van der Waals surface area contributed by atoms with Gasteiger partial charge in [0.25, 0.3) is 0 Å². The number of nitrogens with zero attached hydrogens (tertiary/aromatic N) is 2. The lowest BCUT2D eigenvalue weighted by Crippen LogP contribution is -2.42. The maximum absolute atomic E-state index is 11.6. The van der Waals surface area contributed by atoms with E-state index in [1.807, 2.05) is 48.7 Å². The molecule has 1 fully saturated rings. The Bertz CT molecular complexity index is 1290. The SMILES string of the molecule is CC(C)(Oc1ccc2c(c1)C(=CCCN1CCC(O)(c3ccc(Cl)cc3)CC1)C1C=CC=NC1CO2)C(=O)O. The highest BCUT2D eigenvalue weighted by Crippen LogP contribution is 2.41. The van der Waals surface area contributed by atoms with Crippen molar-refractivity contribution in [1.82, 2.24) is 4.90 Å². The number of hydrogen-bond donors (Lipinski definition) is 2. The number of piperidine rings is 1. The number of ether oxygens (including phenoxy) is 2. The molecule has 0 aromatic heterocycles. The summed E-state index contributed by atoms with van der Waals surface area (Å²) in [4.78, 5) is 18.7. The van der Waals surface area contributed by atoms with Crippen LogP contribution in [0.4, 0.5) is 0 Å². The van der Waals surface area contributed by atoms with Crippen LogP contribution in [-0.2, 0) is 10.4 Å². The lowest BCUT2D eigenvalue weighted by molar-refractivity contribution is -0.152. The molecule has 0 spiro atoms. The summed E-state index contributed by atoms with van der Waals surface area (Å²) in [5, 5.41) is 21.4. The van der Waals surface area contributed by atoms with Gasteiger partial charge in [-0.05, 0) is 80.7 Å². The highest BCUT2D eigenvalue weighted by atomic mass is 35.5. The van der Waals surface area contributed by atoms with Crippen molar-refractivity contribution in [2.75, 3.05) is 26.2 Å². The Morgan fingerprint density at radius 2 is 1.97 bits per heavy atom. The van der Waals surface area contributed by atoms with Crippen LogP contribution in [0.15, 0.2) is 65.7 Å². The molecule has 0 bridgehead atoms. The molecule has 3 aliphatic heterocycles. The third kappa shape index (κ3) is 6.06. The number of fused-ring (bicyclic) bond motifs is 2. The number of likely N-dealkylation sites (tertiary alicyclic amines) is 1. The Kier molecular flexibility index (Phi) is 7.85. The Labute approximate surface area is 234 Å². The van der Waals surface area contributed by atoms with Gasteiger partial charge in [0, 0.05) is 42.4 Å². The van der Waals surface area contributed by atoms with Crippen LogP contribution in [0.2, 0.25) is 5.02 Å². The normalized spacial score (nSPS) is 23.4. The summed E-state index contributed by atoms with van der Waals surface area (Å²) in [6, 6.07) is 13.0. The van der Waals surface area contributed by atoms with E-state index in [4.69, 9.17) is 21.1 Å². The summed E-state index contributed by atoms with van der Waals surface area (Å²) in [7, 11) is 0. The standard InChI is InChI=1S/C31H35ClN2O5/c1-30(2,29(35)36)39-23-11-12-28-26(19-23)24(25-5-3-15-33-27(25)20-38-28)6-4-16-34-17-13-31(37,14-18-34)21-7-9-22(32)10-8-21/h3,5-12,15,19,25,27,37H,4,13-14,16-18,20H2,1-2H3,(H,35,36). The molecule has 3 aliphatic rings. The highest BCUT2D eigenvalue weighted by molar-refractivity contribution is 6.30. The number of allylic oxidation sites excluding steroid dienone is 1. The summed E-state index contributed by atoms with van der Waals surface area (Å²) in [6.45, 7) is 6.01. The minimum atomic E-state index is -1.36. The lowest BCUT2D eigenvalue weighted by Gasteiger charge is -2.38. The number of halogens is 1. The van der Waals surface area contributed by atoms with Gasteiger partial charge in [0.05, 0.1) is 11.6 Å². The zero-order chi connectivity index (χ0) is 27.6. The molecule has 1 saturated heterocycles. The minimum absolute atomic E-state index is 0.0298. The second-order valence-corrected chi connectivity index (χ2v) is 11.4. The second kappa shape index (κ2) is 11.2. The number of aliphatic imine (C=N–C) groups is 1. The lowest BCUT2D eigenvalue weighted by atomic mass is 9.84. The van der Waals surface area contributed by atoms with Crippen molar-refractivity contribution in [1.29, 1.82) is 0 Å². The number of aliphatic carboxylic acids is 1. The average molecular weight is 551 g/mol. The number of carboxylic acid groups (broad SMARTS) is 1. The Morgan fingerprint density at radius 1 is 1.23 bits per heavy atom. The Morgan fingerprint density at radius 3 is 2.69 bits per heavy atom. The van der Waals surface area contributed by atoms with Crippen LogP contribution >= 0.6 is 11.6 Å². The van der Waals surface area contributed by atoms with Crippen LogP contribution < -0.4 is 9.47 Å². The van der Waals surface area contributed by atoms with E-state index in [-0.39, 0.29) is 12.0 Å². The van der Waals surface area contributed by atoms with Gasteiger partial charge in [0.15, 0.2) is 5.60 Å². The van der Waals surface area contributed by atoms with Gasteiger partial charge in [-0.15, -0.1) is 0 Å². The van der Waals surface area contributed by atoms with Gasteiger partial charge < -0.3 is 24.6 Å². The van der Waals surface area contributed by atoms with E-state index in [1.165, 1.54) is 13.8 Å². The maximum atomic E-state index is 11.6. The molecular weight excluding hydrogens is 516 g/mol. The summed E-state index contributed by atoms with van der Waals surface area (Å²) in [6.07, 6.45) is 10.4. The molecule has 0 aliphatic carbocycles. The van der Waals surface area contributed by atoms with Gasteiger partial charge in [0.2, 0.25) is 0 Å². The van der Waals surface area contributed by atoms with Gasteiger partial charge in [-0.2, -0.15) is 0 Å². The number of dihydropyridines is 1. The molecule has 2 aromatic carbocycles. The highest BCUT2D eigenvalue weighted by Gasteiger charge is 2.35. The first-order valence-electron chi connectivity index (χ1n) is 13.5. The van der Waals surface area contributed by atoms with Gasteiger partial charge in [-0.1, -0.05) is 35.9 Å². The molecule has 2 atom stereocenters. The fourth-order valence-corrected chi connectivity index (χ4v) is 5.60. The van der Waals surface area contributed by atoms with Crippen molar-refractivity contribution in [3.05, 3.63) is 76.8 Å². The summed E-state index contributed by atoms with van der Waals surface area (Å²) >= 11 is 6.03. The van der Waals surface area contributed by atoms with Crippen LogP contribution in [0.25, 0.3) is 5.57 Å². The van der Waals surface area contributed by atoms with Crippen LogP contribution in [0.1, 0.15) is 44.2 Å². The molecule has 7 nitrogen and oxygen atoms in total. The second-order valence-electron chi connectivity index (χ2n) is 11.0. The number of carbonyl (C=O) groups is 1. The van der Waals surface area contributed by atoms with Gasteiger partial charge in [-0.25, -0.2) is 4.79 Å². The van der Waals surface area contributed by atoms with Gasteiger partial charge in [-0.3, -0.25) is 4.99 Å². The first-order chi connectivity index (χ1) is 18.6. The predicted molar refractivity (Wildman–Crippen MR) is 153 cm³/mol. The fourth-order valence-electron chi connectivity index (χ4n) is 5.47. The molecule has 0 amide bonds. The first-order valence-corrected chi connectivity index (χ1v) is 13.8. The molecule has 39 heavy (non-hydrogen) atoms. The average Bonchev–Trinajstić information content (AvgIpc) is 3.07. The Hall–Kier alpha value is -3.13. The van der Waals surface area contributed by atoms with E-state index >= 15 is 0 Å². The molecule has 2 unspecified atom stereocenters. The van der Waals surface area contributed by atoms with Crippen molar-refractivity contribution in [2.24, 2.45) is 10.9 Å². The van der Waals surface area contributed by atoms with Crippen molar-refractivity contribution in [2.45, 2.75) is 50.4 Å². The molecular formula is C31H35ClN2O5. The van der Waals surface area contributed by atoms with Crippen molar-refractivity contribution in [3.63, 3.8) is 0 Å². The summed E-state index contributed by atoms with van der Waals surface area (Å²) in [5.74, 6) is 0.245. The van der Waals surface area contributed by atoms with Crippen molar-refractivity contribution in [3.8, 4) is 11.5 Å². The van der Waals surface area contributed by atoms with Crippen LogP contribution in [0, 0.1) is 5.92 Å². The van der Waals surface area contributed by atoms with Crippen LogP contribution in [0.3, 0.4) is 0 Å². The molecule has 3 heterocycles. The molecule has 2 N–H and O–H groups in total. The predicted octanol–water partition coefficient (Wildman–Crippen LogP) is 5.36. The van der Waals surface area contributed by atoms with E-state index in [1.54, 1.807) is 6.07 Å². The molecule has 0 radical (unpaired) electrons. The number of aliphatic hydroxyl groups is 1. The molecule has 2 aromatic rings. The number of carboxylic acids is 1. The molecule has 206 valence electrons. The zero-order valence-corrected chi connectivity index (χ0v) is 23.1. The largest absolute Gasteiger partial charge is 0.491 e. The van der Waals surface area contributed by atoms with E-state index < -0.39 is 17.2 Å². The quantitative estimate of drug-likeness (QED) is 0.482. The maximum Gasteiger partial charge on any atom is 0.347 e. The molecule has 0 saturated carbocycles. The van der Waals surface area contributed by atoms with E-state index in [9.17, 15) is 15.0 Å². The zero-order valence-electron chi connectivity index (χ0n) is 22.3. The van der Waals surface area contributed by atoms with E-state index in [0.29, 0.717) is 30.2 Å². The first kappa shape index (κ1) is 27.4. The third-order valence-electron chi connectivity index (χ3n) is 7.89. The number of rotatable bonds is 7. The van der Waals surface area contributed by atoms with Crippen LogP contribution in [-0.4, -0.2) is 65.2 Å². The monoisotopic (exact) mass is 550 g/mol. The van der Waals surface area contributed by atoms with Gasteiger partial charge in [0.1, 0.15) is 18.1 Å². The summed E-state index contributed by atoms with van der Waals surface area (Å²) in [5.41, 5.74) is 0.745. The minimum Gasteiger partial charge on any atom is -0.491 e. The molecule has 8 heteroatoms. The Balaban J connectivity index is 1.32. The van der Waals surface area contributed by atoms with Crippen molar-refractivity contribution < 1.29 is 24.5 Å². The van der Waals surface area contributed by atoms with Gasteiger partial charge >= 0.3 is 5.97 Å². The summed E-state index contributed by atoms with van der Waals surface area (Å²) < 4.78 is 12.0. The van der Waals surface area contributed by atoms with Crippen LogP contribution in [0.5, 0.6) is 11.5 Å². The van der Waals surface area contributed by atoms with E-state index in [2.05, 4.69) is 22.0 Å². The number of benzene rings is 2. The van der Waals surface area contributed by atoms with Crippen molar-refractivity contribution >= 4 is 29.4 Å².